The lowest BCUT2D eigenvalue weighted by molar-refractivity contribution is -0.0965. The number of hydrogen-bond donors (Lipinski definition) is 1. The van der Waals surface area contributed by atoms with Crippen LogP contribution < -0.4 is 5.32 Å². The van der Waals surface area contributed by atoms with E-state index >= 15 is 0 Å². The minimum atomic E-state index is 0.226. The summed E-state index contributed by atoms with van der Waals surface area (Å²) in [4.78, 5) is 0. The smallest absolute Gasteiger partial charge is 0.0300 e. The third-order valence-electron chi connectivity index (χ3n) is 7.64. The van der Waals surface area contributed by atoms with Crippen molar-refractivity contribution in [2.75, 3.05) is 6.54 Å². The van der Waals surface area contributed by atoms with E-state index in [0.717, 1.165) is 29.6 Å². The van der Waals surface area contributed by atoms with Crippen LogP contribution in [0.5, 0.6) is 0 Å². The average molecular weight is 273 g/mol. The fourth-order valence-corrected chi connectivity index (χ4v) is 6.94. The molecule has 5 aliphatic rings. The molecule has 20 heavy (non-hydrogen) atoms. The highest BCUT2D eigenvalue weighted by atomic mass is 15.0. The van der Waals surface area contributed by atoms with Crippen LogP contribution in [0.2, 0.25) is 0 Å². The monoisotopic (exact) mass is 273 g/mol. The molecule has 5 fully saturated rings. The van der Waals surface area contributed by atoms with Gasteiger partial charge in [0.05, 0.1) is 0 Å². The van der Waals surface area contributed by atoms with Gasteiger partial charge in [-0.05, 0) is 81.1 Å². The lowest BCUT2D eigenvalue weighted by Gasteiger charge is -2.62. The number of rotatable bonds is 3. The minimum Gasteiger partial charge on any atom is -0.310 e. The van der Waals surface area contributed by atoms with Crippen molar-refractivity contribution in [2.24, 2.45) is 35.0 Å². The van der Waals surface area contributed by atoms with Crippen LogP contribution in [0.1, 0.15) is 58.8 Å². The van der Waals surface area contributed by atoms with E-state index in [1.54, 1.807) is 6.42 Å². The lowest BCUT2D eigenvalue weighted by Crippen LogP contribution is -2.64. The summed E-state index contributed by atoms with van der Waals surface area (Å²) in [5.41, 5.74) is 0.570. The van der Waals surface area contributed by atoms with Crippen LogP contribution >= 0.6 is 0 Å². The topological polar surface area (TPSA) is 12.0 Å². The lowest BCUT2D eigenvalue weighted by atomic mass is 9.45. The van der Waals surface area contributed by atoms with Gasteiger partial charge in [-0.2, -0.15) is 0 Å². The van der Waals surface area contributed by atoms with E-state index in [2.05, 4.69) is 31.8 Å². The molecule has 5 rings (SSSR count). The summed E-state index contributed by atoms with van der Waals surface area (Å²) in [7, 11) is 0. The van der Waals surface area contributed by atoms with Crippen LogP contribution in [0.3, 0.4) is 0 Å². The Morgan fingerprint density at radius 3 is 2.10 bits per heavy atom. The molecule has 4 saturated carbocycles. The second-order valence-electron chi connectivity index (χ2n) is 8.88. The summed E-state index contributed by atoms with van der Waals surface area (Å²) in [5.74, 6) is 5.11. The van der Waals surface area contributed by atoms with Crippen LogP contribution in [-0.4, -0.2) is 12.1 Å². The molecule has 1 saturated heterocycles. The summed E-state index contributed by atoms with van der Waals surface area (Å²) in [5, 5.41) is 4.02. The zero-order valence-corrected chi connectivity index (χ0v) is 13.3. The van der Waals surface area contributed by atoms with Gasteiger partial charge >= 0.3 is 0 Å². The quantitative estimate of drug-likeness (QED) is 0.752. The fraction of sp³-hybridized carbons (Fsp3) is 0.895. The molecule has 0 amide bonds. The summed E-state index contributed by atoms with van der Waals surface area (Å²) in [6.07, 6.45) is 12.7. The van der Waals surface area contributed by atoms with E-state index < -0.39 is 0 Å². The molecule has 1 nitrogen and oxygen atoms in total. The Labute approximate surface area is 124 Å². The summed E-state index contributed by atoms with van der Waals surface area (Å²) < 4.78 is 0. The van der Waals surface area contributed by atoms with Crippen LogP contribution in [0.4, 0.5) is 0 Å². The van der Waals surface area contributed by atoms with E-state index in [0.29, 0.717) is 5.54 Å². The molecule has 0 aromatic carbocycles. The van der Waals surface area contributed by atoms with E-state index in [1.165, 1.54) is 45.1 Å². The van der Waals surface area contributed by atoms with Gasteiger partial charge in [0.2, 0.25) is 0 Å². The molecule has 1 heteroatoms. The maximum Gasteiger partial charge on any atom is 0.0300 e. The Hall–Kier alpha value is -0.300. The van der Waals surface area contributed by atoms with Gasteiger partial charge < -0.3 is 5.32 Å². The highest BCUT2D eigenvalue weighted by Crippen LogP contribution is 2.62. The summed E-state index contributed by atoms with van der Waals surface area (Å²) in [6.45, 7) is 10.3. The molecule has 0 radical (unpaired) electrons. The van der Waals surface area contributed by atoms with Crippen LogP contribution in [0.25, 0.3) is 0 Å². The van der Waals surface area contributed by atoms with Crippen molar-refractivity contribution in [3.63, 3.8) is 0 Å². The van der Waals surface area contributed by atoms with Crippen molar-refractivity contribution in [1.82, 2.24) is 5.32 Å². The highest BCUT2D eigenvalue weighted by molar-refractivity contribution is 5.18. The Morgan fingerprint density at radius 1 is 1.05 bits per heavy atom. The molecule has 112 valence electrons. The van der Waals surface area contributed by atoms with Gasteiger partial charge in [-0.15, -0.1) is 6.58 Å². The van der Waals surface area contributed by atoms with E-state index in [9.17, 15) is 0 Å². The molecule has 0 aromatic heterocycles. The standard InChI is InChI=1S/C19H31N/c1-4-18(2,3)19(6-5-7-20-19)17-15-9-13-8-14(11-15)12-16(17)10-13/h4,13-17,20H,1,5-12H2,2-3H3. The second-order valence-corrected chi connectivity index (χ2v) is 8.88. The third-order valence-corrected chi connectivity index (χ3v) is 7.64. The van der Waals surface area contributed by atoms with Gasteiger partial charge in [0.15, 0.2) is 0 Å². The van der Waals surface area contributed by atoms with E-state index in [-0.39, 0.29) is 5.41 Å². The predicted molar refractivity (Wildman–Crippen MR) is 84.5 cm³/mol. The zero-order chi connectivity index (χ0) is 14.0. The van der Waals surface area contributed by atoms with Crippen molar-refractivity contribution in [1.29, 1.82) is 0 Å². The van der Waals surface area contributed by atoms with Gasteiger partial charge in [0, 0.05) is 11.0 Å². The van der Waals surface area contributed by atoms with Crippen molar-refractivity contribution in [3.8, 4) is 0 Å². The zero-order valence-electron chi connectivity index (χ0n) is 13.3. The Morgan fingerprint density at radius 2 is 1.65 bits per heavy atom. The average Bonchev–Trinajstić information content (AvgIpc) is 2.88. The van der Waals surface area contributed by atoms with E-state index in [1.807, 2.05) is 0 Å². The van der Waals surface area contributed by atoms with Crippen molar-refractivity contribution >= 4 is 0 Å². The first-order chi connectivity index (χ1) is 9.56. The molecule has 0 aromatic rings. The van der Waals surface area contributed by atoms with Gasteiger partial charge in [0.25, 0.3) is 0 Å². The molecule has 1 heterocycles. The van der Waals surface area contributed by atoms with Crippen LogP contribution in [0.15, 0.2) is 12.7 Å². The molecule has 1 N–H and O–H groups in total. The first-order valence-corrected chi connectivity index (χ1v) is 8.94. The second kappa shape index (κ2) is 4.35. The largest absolute Gasteiger partial charge is 0.310 e. The predicted octanol–water partition coefficient (Wildman–Crippen LogP) is 4.39. The molecule has 4 bridgehead atoms. The molecule has 4 aliphatic carbocycles. The number of nitrogens with one attached hydrogen (secondary N) is 1. The number of hydrogen-bond acceptors (Lipinski definition) is 1. The Kier molecular flexibility index (Phi) is 2.91. The fourth-order valence-electron chi connectivity index (χ4n) is 6.94. The maximum atomic E-state index is 4.19. The third kappa shape index (κ3) is 1.65. The molecular formula is C19H31N. The first kappa shape index (κ1) is 13.4. The van der Waals surface area contributed by atoms with Gasteiger partial charge in [0.1, 0.15) is 0 Å². The SMILES string of the molecule is C=CC(C)(C)C1(C2C3CC4CC(C3)CC2C4)CCCN1. The maximum absolute atomic E-state index is 4.19. The van der Waals surface area contributed by atoms with Crippen molar-refractivity contribution in [2.45, 2.75) is 64.3 Å². The van der Waals surface area contributed by atoms with Gasteiger partial charge in [-0.3, -0.25) is 0 Å². The molecular weight excluding hydrogens is 242 g/mol. The molecule has 1 unspecified atom stereocenters. The first-order valence-electron chi connectivity index (χ1n) is 8.94. The van der Waals surface area contributed by atoms with Crippen LogP contribution in [-0.2, 0) is 0 Å². The minimum absolute atomic E-state index is 0.226. The highest BCUT2D eigenvalue weighted by Gasteiger charge is 2.60. The molecule has 0 spiro atoms. The van der Waals surface area contributed by atoms with Crippen LogP contribution in [0, 0.1) is 35.0 Å². The molecule has 1 aliphatic heterocycles. The van der Waals surface area contributed by atoms with Crippen molar-refractivity contribution < 1.29 is 0 Å². The normalized spacial score (nSPS) is 50.6. The molecule has 1 atom stereocenters. The summed E-state index contributed by atoms with van der Waals surface area (Å²) in [6, 6.07) is 0. The Balaban J connectivity index is 1.72. The van der Waals surface area contributed by atoms with E-state index in [4.69, 9.17) is 0 Å². The van der Waals surface area contributed by atoms with Crippen molar-refractivity contribution in [3.05, 3.63) is 12.7 Å². The van der Waals surface area contributed by atoms with Gasteiger partial charge in [-0.25, -0.2) is 0 Å². The van der Waals surface area contributed by atoms with Gasteiger partial charge in [-0.1, -0.05) is 19.9 Å². The Bertz CT molecular complexity index is 374. The summed E-state index contributed by atoms with van der Waals surface area (Å²) >= 11 is 0.